The second kappa shape index (κ2) is 16.8. The maximum absolute atomic E-state index is 15.3. The van der Waals surface area contributed by atoms with Crippen LogP contribution in [0.4, 0.5) is 10.2 Å². The Morgan fingerprint density at radius 2 is 1.67 bits per heavy atom. The highest BCUT2D eigenvalue weighted by atomic mass is 35.5. The van der Waals surface area contributed by atoms with Crippen LogP contribution in [0.5, 0.6) is 5.75 Å². The lowest BCUT2D eigenvalue weighted by atomic mass is 9.93. The predicted octanol–water partition coefficient (Wildman–Crippen LogP) is 3.45. The van der Waals surface area contributed by atoms with E-state index in [0.29, 0.717) is 34.5 Å². The van der Waals surface area contributed by atoms with E-state index in [1.165, 1.54) is 6.07 Å². The molecule has 17 heteroatoms. The molecular weight excluding hydrogens is 769 g/mol. The van der Waals surface area contributed by atoms with Crippen LogP contribution in [0, 0.1) is 17.1 Å². The Bertz CT molecular complexity index is 2160. The number of amides is 5. The summed E-state index contributed by atoms with van der Waals surface area (Å²) in [5.41, 5.74) is 0.886. The number of hydrogen-bond acceptors (Lipinski definition) is 12. The first-order valence-electron chi connectivity index (χ1n) is 19.8. The van der Waals surface area contributed by atoms with Gasteiger partial charge in [0.15, 0.2) is 11.5 Å². The SMILES string of the molecule is N#Cc1ccc(OC2CCC(NC(=O)c3ccc(N4CCC(N5CCN(Cc6cc(F)c7c(c6)C(=O)N(C6CCC(=O)NC6=O)C7=O)CC5)CC4)nn3)CC2)cc1Cl. The van der Waals surface area contributed by atoms with Crippen LogP contribution in [0.15, 0.2) is 42.5 Å². The first-order valence-corrected chi connectivity index (χ1v) is 20.2. The fourth-order valence-electron chi connectivity index (χ4n) is 8.75. The Hall–Kier alpha value is -5.50. The maximum atomic E-state index is 15.3. The monoisotopic (exact) mass is 811 g/mol. The second-order valence-corrected chi connectivity index (χ2v) is 16.0. The number of rotatable bonds is 9. The van der Waals surface area contributed by atoms with E-state index in [1.807, 2.05) is 12.1 Å². The number of benzene rings is 2. The summed E-state index contributed by atoms with van der Waals surface area (Å²) >= 11 is 6.14. The number of carbonyl (C=O) groups is 5. The van der Waals surface area contributed by atoms with E-state index >= 15 is 4.39 Å². The van der Waals surface area contributed by atoms with Gasteiger partial charge in [-0.15, -0.1) is 10.2 Å². The summed E-state index contributed by atoms with van der Waals surface area (Å²) in [5.74, 6) is -2.44. The molecule has 4 aliphatic heterocycles. The van der Waals surface area contributed by atoms with Crippen molar-refractivity contribution < 1.29 is 33.1 Å². The number of halogens is 2. The van der Waals surface area contributed by atoms with Crippen molar-refractivity contribution in [3.63, 3.8) is 0 Å². The molecule has 58 heavy (non-hydrogen) atoms. The molecular formula is C41H43ClFN9O6. The molecule has 0 bridgehead atoms. The summed E-state index contributed by atoms with van der Waals surface area (Å²) in [5, 5.41) is 23.4. The van der Waals surface area contributed by atoms with Gasteiger partial charge in [0.2, 0.25) is 11.8 Å². The fraction of sp³-hybridized carbons (Fsp3) is 0.463. The minimum absolute atomic E-state index is 0.00523. The third-order valence-electron chi connectivity index (χ3n) is 11.9. The van der Waals surface area contributed by atoms with Gasteiger partial charge in [-0.25, -0.2) is 4.39 Å². The molecule has 1 saturated carbocycles. The molecule has 302 valence electrons. The van der Waals surface area contributed by atoms with Gasteiger partial charge in [-0.1, -0.05) is 11.6 Å². The second-order valence-electron chi connectivity index (χ2n) is 15.6. The first-order chi connectivity index (χ1) is 28.0. The highest BCUT2D eigenvalue weighted by Crippen LogP contribution is 2.32. The summed E-state index contributed by atoms with van der Waals surface area (Å²) < 4.78 is 21.4. The van der Waals surface area contributed by atoms with Crippen LogP contribution in [0.3, 0.4) is 0 Å². The predicted molar refractivity (Wildman–Crippen MR) is 207 cm³/mol. The van der Waals surface area contributed by atoms with Gasteiger partial charge in [0.1, 0.15) is 23.7 Å². The quantitative estimate of drug-likeness (QED) is 0.301. The molecule has 5 heterocycles. The lowest BCUT2D eigenvalue weighted by molar-refractivity contribution is -0.136. The molecule has 2 aromatic carbocycles. The molecule has 5 aliphatic rings. The fourth-order valence-corrected chi connectivity index (χ4v) is 8.96. The summed E-state index contributed by atoms with van der Waals surface area (Å²) in [6.45, 7) is 5.21. The largest absolute Gasteiger partial charge is 0.490 e. The molecule has 0 spiro atoms. The Balaban J connectivity index is 0.765. The van der Waals surface area contributed by atoms with Crippen LogP contribution in [-0.4, -0.2) is 118 Å². The molecule has 8 rings (SSSR count). The highest BCUT2D eigenvalue weighted by molar-refractivity contribution is 6.31. The van der Waals surface area contributed by atoms with E-state index in [4.69, 9.17) is 21.6 Å². The van der Waals surface area contributed by atoms with Gasteiger partial charge in [0, 0.05) is 70.4 Å². The van der Waals surface area contributed by atoms with Gasteiger partial charge >= 0.3 is 0 Å². The Morgan fingerprint density at radius 1 is 0.914 bits per heavy atom. The van der Waals surface area contributed by atoms with Crippen molar-refractivity contribution in [3.05, 3.63) is 81.3 Å². The number of ether oxygens (including phenoxy) is 1. The van der Waals surface area contributed by atoms with Crippen LogP contribution in [0.25, 0.3) is 0 Å². The maximum Gasteiger partial charge on any atom is 0.272 e. The summed E-state index contributed by atoms with van der Waals surface area (Å²) in [7, 11) is 0. The average Bonchev–Trinajstić information content (AvgIpc) is 3.47. The van der Waals surface area contributed by atoms with Crippen LogP contribution in [0.2, 0.25) is 5.02 Å². The van der Waals surface area contributed by atoms with Gasteiger partial charge < -0.3 is 15.0 Å². The van der Waals surface area contributed by atoms with Gasteiger partial charge in [0.25, 0.3) is 17.7 Å². The highest BCUT2D eigenvalue weighted by Gasteiger charge is 2.46. The van der Waals surface area contributed by atoms with Gasteiger partial charge in [0.05, 0.1) is 27.8 Å². The molecule has 3 aromatic rings. The smallest absolute Gasteiger partial charge is 0.272 e. The number of nitrogens with zero attached hydrogens (tertiary/aromatic N) is 7. The lowest BCUT2D eigenvalue weighted by Gasteiger charge is -2.43. The van der Waals surface area contributed by atoms with Crippen molar-refractivity contribution in [1.82, 2.24) is 35.5 Å². The lowest BCUT2D eigenvalue weighted by Crippen LogP contribution is -2.54. The molecule has 1 aliphatic carbocycles. The Kier molecular flexibility index (Phi) is 11.4. The van der Waals surface area contributed by atoms with E-state index < -0.39 is 35.5 Å². The third kappa shape index (κ3) is 8.25. The van der Waals surface area contributed by atoms with Crippen LogP contribution >= 0.6 is 11.6 Å². The molecule has 1 unspecified atom stereocenters. The average molecular weight is 812 g/mol. The van der Waals surface area contributed by atoms with E-state index in [2.05, 4.69) is 35.5 Å². The summed E-state index contributed by atoms with van der Waals surface area (Å²) in [6, 6.07) is 12.8. The minimum Gasteiger partial charge on any atom is -0.490 e. The van der Waals surface area contributed by atoms with Crippen molar-refractivity contribution in [2.75, 3.05) is 44.2 Å². The van der Waals surface area contributed by atoms with E-state index in [9.17, 15) is 24.0 Å². The number of anilines is 1. The van der Waals surface area contributed by atoms with Crippen molar-refractivity contribution in [3.8, 4) is 11.8 Å². The van der Waals surface area contributed by atoms with Crippen molar-refractivity contribution in [2.24, 2.45) is 0 Å². The summed E-state index contributed by atoms with van der Waals surface area (Å²) in [4.78, 5) is 71.0. The van der Waals surface area contributed by atoms with Gasteiger partial charge in [-0.3, -0.25) is 44.0 Å². The number of carbonyl (C=O) groups excluding carboxylic acids is 5. The topological polar surface area (TPSA) is 181 Å². The molecule has 4 fully saturated rings. The molecule has 15 nitrogen and oxygen atoms in total. The van der Waals surface area contributed by atoms with Crippen molar-refractivity contribution in [1.29, 1.82) is 5.26 Å². The Labute approximate surface area is 339 Å². The molecule has 0 radical (unpaired) electrons. The zero-order valence-corrected chi connectivity index (χ0v) is 32.5. The number of nitrogens with one attached hydrogen (secondary N) is 2. The number of fused-ring (bicyclic) bond motifs is 1. The number of aromatic nitrogens is 2. The number of imide groups is 2. The Morgan fingerprint density at radius 3 is 2.34 bits per heavy atom. The number of piperazine rings is 1. The molecule has 5 amide bonds. The van der Waals surface area contributed by atoms with Gasteiger partial charge in [-0.05, 0) is 86.9 Å². The molecule has 1 aromatic heterocycles. The van der Waals surface area contributed by atoms with Gasteiger partial charge in [-0.2, -0.15) is 5.26 Å². The van der Waals surface area contributed by atoms with Crippen molar-refractivity contribution in [2.45, 2.75) is 82.1 Å². The van der Waals surface area contributed by atoms with E-state index in [0.717, 1.165) is 88.5 Å². The minimum atomic E-state index is -1.14. The normalized spacial score (nSPS) is 23.4. The zero-order valence-electron chi connectivity index (χ0n) is 31.8. The van der Waals surface area contributed by atoms with Crippen molar-refractivity contribution >= 4 is 47.0 Å². The molecule has 1 atom stereocenters. The molecule has 2 N–H and O–H groups in total. The number of nitriles is 1. The first kappa shape index (κ1) is 39.3. The van der Waals surface area contributed by atoms with E-state index in [-0.39, 0.29) is 47.7 Å². The third-order valence-corrected chi connectivity index (χ3v) is 12.2. The van der Waals surface area contributed by atoms with Crippen LogP contribution in [0.1, 0.15) is 93.7 Å². The standard InChI is InChI=1S/C41H43ClFN9O6/c42-31-21-29(4-1-25(31)22-44)58-28-5-2-26(3-6-28)45-38(54)33-7-9-35(48-47-33)51-13-11-27(12-14-51)50-17-15-49(16-18-50)23-24-19-30-37(32(43)20-24)41(57)52(40(30)56)34-8-10-36(53)46-39(34)55/h1,4,7,9,19-21,26-28,34H,2-3,5-6,8,10-18,23H2,(H,45,54)(H,46,53,55). The number of hydrogen-bond donors (Lipinski definition) is 2. The summed E-state index contributed by atoms with van der Waals surface area (Å²) in [6.07, 6.45) is 5.00. The van der Waals surface area contributed by atoms with E-state index in [1.54, 1.807) is 30.3 Å². The van der Waals surface area contributed by atoms with Crippen LogP contribution < -0.4 is 20.3 Å². The number of piperidine rings is 2. The van der Waals surface area contributed by atoms with Crippen LogP contribution in [-0.2, 0) is 16.1 Å². The molecule has 3 saturated heterocycles. The zero-order chi connectivity index (χ0) is 40.5.